The number of pyridine rings is 1. The average molecular weight is 424 g/mol. The fraction of sp³-hybridized carbons (Fsp3) is 0.273. The number of aromatic nitrogens is 3. The number of carbonyl (C=O) groups is 2. The fourth-order valence-electron chi connectivity index (χ4n) is 3.54. The molecule has 1 aromatic carbocycles. The molecule has 0 aliphatic carbocycles. The molecule has 1 aliphatic heterocycles. The highest BCUT2D eigenvalue weighted by Gasteiger charge is 2.30. The molecule has 1 fully saturated rings. The van der Waals surface area contributed by atoms with Crippen molar-refractivity contribution in [1.29, 1.82) is 0 Å². The van der Waals surface area contributed by atoms with Crippen LogP contribution in [0.5, 0.6) is 0 Å². The van der Waals surface area contributed by atoms with Gasteiger partial charge in [-0.1, -0.05) is 23.7 Å². The van der Waals surface area contributed by atoms with Crippen LogP contribution in [0, 0.1) is 12.8 Å². The number of hydrogen-bond acceptors (Lipinski definition) is 4. The molecule has 2 aromatic heterocycles. The summed E-state index contributed by atoms with van der Waals surface area (Å²) in [6, 6.07) is 12.7. The van der Waals surface area contributed by atoms with E-state index in [1.54, 1.807) is 23.2 Å². The van der Waals surface area contributed by atoms with Crippen LogP contribution < -0.4 is 5.32 Å². The second kappa shape index (κ2) is 8.67. The lowest BCUT2D eigenvalue weighted by Crippen LogP contribution is -2.43. The predicted molar refractivity (Wildman–Crippen MR) is 115 cm³/mol. The maximum atomic E-state index is 12.9. The molecule has 0 bridgehead atoms. The Morgan fingerprint density at radius 2 is 2.07 bits per heavy atom. The zero-order chi connectivity index (χ0) is 21.1. The first-order valence-corrected chi connectivity index (χ1v) is 10.2. The highest BCUT2D eigenvalue weighted by Crippen LogP contribution is 2.24. The van der Waals surface area contributed by atoms with Crippen LogP contribution in [0.2, 0.25) is 5.02 Å². The van der Waals surface area contributed by atoms with Gasteiger partial charge in [0, 0.05) is 30.0 Å². The largest absolute Gasteiger partial charge is 0.337 e. The molecule has 0 unspecified atom stereocenters. The Balaban J connectivity index is 1.42. The van der Waals surface area contributed by atoms with Gasteiger partial charge in [-0.2, -0.15) is 5.10 Å². The first-order chi connectivity index (χ1) is 14.5. The van der Waals surface area contributed by atoms with E-state index in [2.05, 4.69) is 20.5 Å². The second-order valence-corrected chi connectivity index (χ2v) is 7.83. The van der Waals surface area contributed by atoms with E-state index in [1.807, 2.05) is 37.3 Å². The van der Waals surface area contributed by atoms with Crippen LogP contribution in [-0.4, -0.2) is 45.0 Å². The SMILES string of the molecule is Cc1ccc(NC(=O)[C@@H]2CCCN(C(=O)c3cc(-c4ccccn4)n[nH]3)C2)cc1Cl. The molecular weight excluding hydrogens is 402 g/mol. The Labute approximate surface area is 179 Å². The molecule has 1 atom stereocenters. The number of rotatable bonds is 4. The number of amides is 2. The lowest BCUT2D eigenvalue weighted by molar-refractivity contribution is -0.121. The molecule has 4 rings (SSSR count). The van der Waals surface area contributed by atoms with Gasteiger partial charge in [0.2, 0.25) is 5.91 Å². The Bertz CT molecular complexity index is 1070. The summed E-state index contributed by atoms with van der Waals surface area (Å²) in [4.78, 5) is 31.6. The topological polar surface area (TPSA) is 91.0 Å². The Morgan fingerprint density at radius 1 is 1.20 bits per heavy atom. The smallest absolute Gasteiger partial charge is 0.271 e. The molecule has 8 heteroatoms. The van der Waals surface area contributed by atoms with Crippen molar-refractivity contribution in [2.24, 2.45) is 5.92 Å². The first-order valence-electron chi connectivity index (χ1n) is 9.84. The standard InChI is InChI=1S/C22H22ClN5O2/c1-14-7-8-16(11-17(14)23)25-21(29)15-5-4-10-28(13-15)22(30)20-12-19(26-27-20)18-6-2-3-9-24-18/h2-3,6-9,11-12,15H,4-5,10,13H2,1H3,(H,25,29)(H,26,27)/t15-/m1/s1. The summed E-state index contributed by atoms with van der Waals surface area (Å²) < 4.78 is 0. The number of halogens is 1. The first kappa shape index (κ1) is 20.1. The minimum Gasteiger partial charge on any atom is -0.337 e. The molecule has 2 N–H and O–H groups in total. The van der Waals surface area contributed by atoms with E-state index in [-0.39, 0.29) is 17.7 Å². The van der Waals surface area contributed by atoms with Crippen LogP contribution in [0.3, 0.4) is 0 Å². The molecule has 30 heavy (non-hydrogen) atoms. The number of nitrogens with one attached hydrogen (secondary N) is 2. The molecule has 3 aromatic rings. The third-order valence-electron chi connectivity index (χ3n) is 5.25. The van der Waals surface area contributed by atoms with Crippen LogP contribution >= 0.6 is 11.6 Å². The van der Waals surface area contributed by atoms with Crippen LogP contribution in [0.25, 0.3) is 11.4 Å². The van der Waals surface area contributed by atoms with Crippen molar-refractivity contribution in [2.75, 3.05) is 18.4 Å². The molecule has 0 radical (unpaired) electrons. The summed E-state index contributed by atoms with van der Waals surface area (Å²) in [5, 5.41) is 10.5. The zero-order valence-electron chi connectivity index (χ0n) is 16.6. The summed E-state index contributed by atoms with van der Waals surface area (Å²) in [7, 11) is 0. The van der Waals surface area contributed by atoms with E-state index in [4.69, 9.17) is 11.6 Å². The maximum Gasteiger partial charge on any atom is 0.271 e. The second-order valence-electron chi connectivity index (χ2n) is 7.43. The number of piperidine rings is 1. The van der Waals surface area contributed by atoms with Crippen molar-refractivity contribution in [3.63, 3.8) is 0 Å². The van der Waals surface area contributed by atoms with Crippen LogP contribution in [0.4, 0.5) is 5.69 Å². The quantitative estimate of drug-likeness (QED) is 0.665. The van der Waals surface area contributed by atoms with Crippen molar-refractivity contribution in [3.8, 4) is 11.4 Å². The summed E-state index contributed by atoms with van der Waals surface area (Å²) in [5.41, 5.74) is 3.31. The van der Waals surface area contributed by atoms with Gasteiger partial charge in [-0.25, -0.2) is 0 Å². The van der Waals surface area contributed by atoms with E-state index in [9.17, 15) is 9.59 Å². The number of likely N-dealkylation sites (tertiary alicyclic amines) is 1. The van der Waals surface area contributed by atoms with Gasteiger partial charge in [0.25, 0.3) is 5.91 Å². The summed E-state index contributed by atoms with van der Waals surface area (Å²) in [5.74, 6) is -0.548. The molecule has 154 valence electrons. The number of hydrogen-bond donors (Lipinski definition) is 2. The number of aryl methyl sites for hydroxylation is 1. The van der Waals surface area contributed by atoms with Crippen molar-refractivity contribution in [1.82, 2.24) is 20.1 Å². The van der Waals surface area contributed by atoms with Crippen molar-refractivity contribution >= 4 is 29.1 Å². The number of benzene rings is 1. The molecule has 7 nitrogen and oxygen atoms in total. The minimum absolute atomic E-state index is 0.105. The predicted octanol–water partition coefficient (Wildman–Crippen LogP) is 3.92. The number of carbonyl (C=O) groups excluding carboxylic acids is 2. The highest BCUT2D eigenvalue weighted by atomic mass is 35.5. The van der Waals surface area contributed by atoms with Gasteiger partial charge >= 0.3 is 0 Å². The third-order valence-corrected chi connectivity index (χ3v) is 5.66. The normalized spacial score (nSPS) is 16.3. The van der Waals surface area contributed by atoms with Gasteiger partial charge < -0.3 is 10.2 Å². The summed E-state index contributed by atoms with van der Waals surface area (Å²) >= 11 is 6.14. The van der Waals surface area contributed by atoms with Crippen LogP contribution in [-0.2, 0) is 4.79 Å². The summed E-state index contributed by atoms with van der Waals surface area (Å²) in [6.45, 7) is 2.88. The maximum absolute atomic E-state index is 12.9. The number of H-pyrrole nitrogens is 1. The van der Waals surface area contributed by atoms with E-state index >= 15 is 0 Å². The molecule has 1 saturated heterocycles. The van der Waals surface area contributed by atoms with Gasteiger partial charge in [-0.15, -0.1) is 0 Å². The van der Waals surface area contributed by atoms with E-state index < -0.39 is 0 Å². The summed E-state index contributed by atoms with van der Waals surface area (Å²) in [6.07, 6.45) is 3.18. The van der Waals surface area contributed by atoms with E-state index in [0.717, 1.165) is 18.4 Å². The van der Waals surface area contributed by atoms with Crippen molar-refractivity contribution in [2.45, 2.75) is 19.8 Å². The molecule has 1 aliphatic rings. The number of nitrogens with zero attached hydrogens (tertiary/aromatic N) is 3. The van der Waals surface area contributed by atoms with Gasteiger partial charge in [-0.3, -0.25) is 19.7 Å². The number of anilines is 1. The monoisotopic (exact) mass is 423 g/mol. The molecule has 0 saturated carbocycles. The molecule has 3 heterocycles. The van der Waals surface area contributed by atoms with Gasteiger partial charge in [0.05, 0.1) is 11.6 Å². The van der Waals surface area contributed by atoms with Crippen molar-refractivity contribution in [3.05, 3.63) is 64.9 Å². The van der Waals surface area contributed by atoms with Crippen molar-refractivity contribution < 1.29 is 9.59 Å². The average Bonchev–Trinajstić information content (AvgIpc) is 3.27. The molecule has 0 spiro atoms. The van der Waals surface area contributed by atoms with Gasteiger partial charge in [-0.05, 0) is 55.7 Å². The van der Waals surface area contributed by atoms with Gasteiger partial charge in [0.1, 0.15) is 11.4 Å². The zero-order valence-corrected chi connectivity index (χ0v) is 17.3. The number of aromatic amines is 1. The van der Waals surface area contributed by atoms with Crippen LogP contribution in [0.15, 0.2) is 48.7 Å². The van der Waals surface area contributed by atoms with Crippen LogP contribution in [0.1, 0.15) is 28.9 Å². The Hall–Kier alpha value is -3.19. The lowest BCUT2D eigenvalue weighted by Gasteiger charge is -2.31. The highest BCUT2D eigenvalue weighted by molar-refractivity contribution is 6.31. The third kappa shape index (κ3) is 4.36. The Morgan fingerprint density at radius 3 is 2.83 bits per heavy atom. The van der Waals surface area contributed by atoms with Gasteiger partial charge in [0.15, 0.2) is 0 Å². The van der Waals surface area contributed by atoms with E-state index in [0.29, 0.717) is 40.9 Å². The minimum atomic E-state index is -0.277. The molecular formula is C22H22ClN5O2. The molecule has 2 amide bonds. The fourth-order valence-corrected chi connectivity index (χ4v) is 3.72. The van der Waals surface area contributed by atoms with E-state index in [1.165, 1.54) is 0 Å². The lowest BCUT2D eigenvalue weighted by atomic mass is 9.96. The Kier molecular flexibility index (Phi) is 5.81.